The second-order valence-electron chi connectivity index (χ2n) is 5.57. The predicted octanol–water partition coefficient (Wildman–Crippen LogP) is 4.27. The van der Waals surface area contributed by atoms with E-state index in [1.165, 1.54) is 46.2 Å². The van der Waals surface area contributed by atoms with E-state index >= 15 is 0 Å². The smallest absolute Gasteiger partial charge is 0.271 e. The van der Waals surface area contributed by atoms with Gasteiger partial charge in [-0.2, -0.15) is 5.10 Å². The number of carbonyl (C=O) groups excluding carboxylic acids is 1. The summed E-state index contributed by atoms with van der Waals surface area (Å²) in [6.07, 6.45) is 5.96. The van der Waals surface area contributed by atoms with Crippen LogP contribution in [0.15, 0.2) is 61.3 Å². The van der Waals surface area contributed by atoms with E-state index in [1.807, 2.05) is 0 Å². The van der Waals surface area contributed by atoms with Crippen LogP contribution in [0.25, 0.3) is 16.9 Å². The highest BCUT2D eigenvalue weighted by Gasteiger charge is 2.19. The summed E-state index contributed by atoms with van der Waals surface area (Å²) >= 11 is 11.9. The normalized spacial score (nSPS) is 10.9. The highest BCUT2D eigenvalue weighted by atomic mass is 35.5. The summed E-state index contributed by atoms with van der Waals surface area (Å²) in [5, 5.41) is 4.63. The lowest BCUT2D eigenvalue weighted by molar-refractivity contribution is 0.0954. The summed E-state index contributed by atoms with van der Waals surface area (Å²) in [5.74, 6) is -0.906. The van der Waals surface area contributed by atoms with Gasteiger partial charge in [0.05, 0.1) is 16.4 Å². The highest BCUT2D eigenvalue weighted by Crippen LogP contribution is 2.27. The largest absolute Gasteiger partial charge is 0.283 e. The molecule has 0 bridgehead atoms. The van der Waals surface area contributed by atoms with Crippen molar-refractivity contribution in [3.63, 3.8) is 0 Å². The zero-order chi connectivity index (χ0) is 19.0. The van der Waals surface area contributed by atoms with Gasteiger partial charge in [0.25, 0.3) is 5.91 Å². The number of imidazole rings is 1. The number of carbonyl (C=O) groups is 1. The van der Waals surface area contributed by atoms with Crippen LogP contribution in [0.2, 0.25) is 10.2 Å². The third-order valence-corrected chi connectivity index (χ3v) is 4.33. The van der Waals surface area contributed by atoms with Gasteiger partial charge >= 0.3 is 0 Å². The molecule has 0 saturated carbocycles. The molecule has 0 unspecified atom stereocenters. The lowest BCUT2D eigenvalue weighted by Gasteiger charge is -2.08. The molecule has 9 heteroatoms. The maximum atomic E-state index is 13.6. The van der Waals surface area contributed by atoms with Gasteiger partial charge in [0.2, 0.25) is 0 Å². The van der Waals surface area contributed by atoms with Crippen LogP contribution in [0, 0.1) is 5.82 Å². The molecule has 0 N–H and O–H groups in total. The molecule has 0 aliphatic carbocycles. The van der Waals surface area contributed by atoms with Crippen molar-refractivity contribution >= 4 is 29.1 Å². The molecule has 4 aromatic rings. The Kier molecular flexibility index (Phi) is 4.47. The Morgan fingerprint density at radius 2 is 1.93 bits per heavy atom. The molecule has 0 amide bonds. The summed E-state index contributed by atoms with van der Waals surface area (Å²) in [7, 11) is 0. The standard InChI is InChI=1S/C18H10Cl2FN5O/c19-13-8-12(1-2-14(13)21)26-16(11-3-4-23-17(20)7-11)9-15(24-26)18(27)25-6-5-22-10-25/h1-10H. The monoisotopic (exact) mass is 401 g/mol. The first-order valence-electron chi connectivity index (χ1n) is 7.73. The fourth-order valence-electron chi connectivity index (χ4n) is 2.58. The SMILES string of the molecule is O=C(c1cc(-c2ccnc(Cl)c2)n(-c2ccc(F)c(Cl)c2)n1)n1ccnc1. The molecular formula is C18H10Cl2FN5O. The first kappa shape index (κ1) is 17.4. The van der Waals surface area contributed by atoms with Gasteiger partial charge in [-0.1, -0.05) is 23.2 Å². The Hall–Kier alpha value is -3.03. The van der Waals surface area contributed by atoms with Crippen molar-refractivity contribution in [3.05, 3.63) is 83.0 Å². The molecule has 0 aliphatic rings. The van der Waals surface area contributed by atoms with E-state index in [1.54, 1.807) is 24.4 Å². The first-order chi connectivity index (χ1) is 13.0. The minimum atomic E-state index is -0.546. The van der Waals surface area contributed by atoms with Crippen molar-refractivity contribution in [3.8, 4) is 16.9 Å². The van der Waals surface area contributed by atoms with Gasteiger partial charge in [-0.05, 0) is 36.4 Å². The Morgan fingerprint density at radius 1 is 1.07 bits per heavy atom. The molecule has 3 heterocycles. The molecule has 0 aliphatic heterocycles. The minimum absolute atomic E-state index is 0.0517. The van der Waals surface area contributed by atoms with Gasteiger partial charge in [-0.3, -0.25) is 9.36 Å². The zero-order valence-corrected chi connectivity index (χ0v) is 15.1. The number of hydrogen-bond donors (Lipinski definition) is 0. The van der Waals surface area contributed by atoms with E-state index in [2.05, 4.69) is 15.1 Å². The molecule has 27 heavy (non-hydrogen) atoms. The number of nitrogens with zero attached hydrogens (tertiary/aromatic N) is 5. The van der Waals surface area contributed by atoms with Crippen molar-refractivity contribution in [2.24, 2.45) is 0 Å². The van der Waals surface area contributed by atoms with Crippen LogP contribution < -0.4 is 0 Å². The summed E-state index contributed by atoms with van der Waals surface area (Å²) in [5.41, 5.74) is 1.93. The topological polar surface area (TPSA) is 65.6 Å². The van der Waals surface area contributed by atoms with Crippen molar-refractivity contribution in [1.82, 2.24) is 24.3 Å². The van der Waals surface area contributed by atoms with E-state index in [-0.39, 0.29) is 16.6 Å². The fourth-order valence-corrected chi connectivity index (χ4v) is 2.93. The fraction of sp³-hybridized carbons (Fsp3) is 0. The van der Waals surface area contributed by atoms with Crippen molar-refractivity contribution in [2.75, 3.05) is 0 Å². The lowest BCUT2D eigenvalue weighted by Crippen LogP contribution is -2.11. The van der Waals surface area contributed by atoms with E-state index in [0.29, 0.717) is 22.1 Å². The molecule has 1 aromatic carbocycles. The number of benzene rings is 1. The van der Waals surface area contributed by atoms with Gasteiger partial charge in [0.1, 0.15) is 17.3 Å². The average Bonchev–Trinajstić information content (AvgIpc) is 3.33. The van der Waals surface area contributed by atoms with Crippen LogP contribution >= 0.6 is 23.2 Å². The van der Waals surface area contributed by atoms with Crippen molar-refractivity contribution in [1.29, 1.82) is 0 Å². The molecular weight excluding hydrogens is 392 g/mol. The third-order valence-electron chi connectivity index (χ3n) is 3.84. The van der Waals surface area contributed by atoms with E-state index in [9.17, 15) is 9.18 Å². The van der Waals surface area contributed by atoms with Crippen LogP contribution in [0.5, 0.6) is 0 Å². The lowest BCUT2D eigenvalue weighted by atomic mass is 10.2. The third kappa shape index (κ3) is 3.34. The maximum Gasteiger partial charge on any atom is 0.283 e. The Bertz CT molecular complexity index is 1140. The van der Waals surface area contributed by atoms with E-state index in [4.69, 9.17) is 23.2 Å². The van der Waals surface area contributed by atoms with Crippen molar-refractivity contribution in [2.45, 2.75) is 0 Å². The molecule has 0 atom stereocenters. The number of rotatable bonds is 3. The molecule has 0 radical (unpaired) electrons. The van der Waals surface area contributed by atoms with Gasteiger partial charge in [-0.25, -0.2) is 19.0 Å². The van der Waals surface area contributed by atoms with Crippen LogP contribution in [-0.4, -0.2) is 30.2 Å². The summed E-state index contributed by atoms with van der Waals surface area (Å²) < 4.78 is 16.4. The van der Waals surface area contributed by atoms with Gasteiger partial charge in [0, 0.05) is 24.2 Å². The minimum Gasteiger partial charge on any atom is -0.271 e. The van der Waals surface area contributed by atoms with E-state index < -0.39 is 5.82 Å². The van der Waals surface area contributed by atoms with E-state index in [0.717, 1.165) is 0 Å². The quantitative estimate of drug-likeness (QED) is 0.481. The Balaban J connectivity index is 1.90. The summed E-state index contributed by atoms with van der Waals surface area (Å²) in [4.78, 5) is 20.5. The molecule has 134 valence electrons. The first-order valence-corrected chi connectivity index (χ1v) is 8.48. The molecule has 0 fully saturated rings. The molecule has 0 saturated heterocycles. The second-order valence-corrected chi connectivity index (χ2v) is 6.36. The number of aromatic nitrogens is 5. The van der Waals surface area contributed by atoms with Crippen molar-refractivity contribution < 1.29 is 9.18 Å². The molecule has 0 spiro atoms. The van der Waals surface area contributed by atoms with Crippen LogP contribution in [0.4, 0.5) is 4.39 Å². The molecule has 4 rings (SSSR count). The number of hydrogen-bond acceptors (Lipinski definition) is 4. The second kappa shape index (κ2) is 6.94. The summed E-state index contributed by atoms with van der Waals surface area (Å²) in [6, 6.07) is 9.18. The Morgan fingerprint density at radius 3 is 2.63 bits per heavy atom. The van der Waals surface area contributed by atoms with Crippen LogP contribution in [0.3, 0.4) is 0 Å². The molecule has 6 nitrogen and oxygen atoms in total. The summed E-state index contributed by atoms with van der Waals surface area (Å²) in [6.45, 7) is 0. The predicted molar refractivity (Wildman–Crippen MR) is 98.7 cm³/mol. The Labute approximate surface area is 162 Å². The zero-order valence-electron chi connectivity index (χ0n) is 13.6. The van der Waals surface area contributed by atoms with Gasteiger partial charge < -0.3 is 0 Å². The number of pyridine rings is 1. The maximum absolute atomic E-state index is 13.6. The number of halogens is 3. The van der Waals surface area contributed by atoms with Crippen LogP contribution in [0.1, 0.15) is 10.5 Å². The highest BCUT2D eigenvalue weighted by molar-refractivity contribution is 6.31. The molecule has 3 aromatic heterocycles. The van der Waals surface area contributed by atoms with Crippen LogP contribution in [-0.2, 0) is 0 Å². The van der Waals surface area contributed by atoms with Gasteiger partial charge in [0.15, 0.2) is 5.69 Å². The van der Waals surface area contributed by atoms with Gasteiger partial charge in [-0.15, -0.1) is 0 Å². The average molecular weight is 402 g/mol.